The molecule has 0 spiro atoms. The number of rotatable bonds is 6. The van der Waals surface area contributed by atoms with Crippen LogP contribution in [0.2, 0.25) is 0 Å². The molecule has 0 radical (unpaired) electrons. The summed E-state index contributed by atoms with van der Waals surface area (Å²) in [6, 6.07) is 7.45. The Morgan fingerprint density at radius 2 is 2.06 bits per heavy atom. The average molecular weight is 256 g/mol. The van der Waals surface area contributed by atoms with Gasteiger partial charge in [-0.25, -0.2) is 9.63 Å². The number of ether oxygens (including phenoxy) is 1. The Balaban J connectivity index is 2.74. The van der Waals surface area contributed by atoms with E-state index in [-0.39, 0.29) is 12.0 Å². The molecule has 1 atom stereocenters. The normalized spacial score (nSPS) is 12.2. The predicted molar refractivity (Wildman–Crippen MR) is 69.0 cm³/mol. The summed E-state index contributed by atoms with van der Waals surface area (Å²) in [5.74, 6) is -0.319. The fourth-order valence-electron chi connectivity index (χ4n) is 1.66. The van der Waals surface area contributed by atoms with Crippen LogP contribution in [-0.4, -0.2) is 13.1 Å². The summed E-state index contributed by atoms with van der Waals surface area (Å²) in [6.45, 7) is 2.14. The van der Waals surface area contributed by atoms with Gasteiger partial charge in [-0.1, -0.05) is 31.9 Å². The molecule has 0 aromatic heterocycles. The molecule has 0 amide bonds. The van der Waals surface area contributed by atoms with Gasteiger partial charge in [0.15, 0.2) is 0 Å². The van der Waals surface area contributed by atoms with E-state index in [1.54, 1.807) is 12.1 Å². The van der Waals surface area contributed by atoms with Crippen LogP contribution < -0.4 is 4.84 Å². The van der Waals surface area contributed by atoms with Crippen molar-refractivity contribution >= 4 is 17.7 Å². The lowest BCUT2D eigenvalue weighted by atomic mass is 10.0. The van der Waals surface area contributed by atoms with Gasteiger partial charge in [-0.15, -0.1) is 0 Å². The molecule has 1 aromatic rings. The fourth-order valence-corrected chi connectivity index (χ4v) is 1.90. The van der Waals surface area contributed by atoms with Gasteiger partial charge in [0.25, 0.3) is 0 Å². The van der Waals surface area contributed by atoms with E-state index in [1.807, 2.05) is 12.1 Å². The molecule has 94 valence electrons. The smallest absolute Gasteiger partial charge is 0.337 e. The highest BCUT2D eigenvalue weighted by molar-refractivity contribution is 6.13. The standard InChI is InChI=1S/C13H18ClNO2/c1-3-4-5-12(15-14)10-6-8-11(9-7-10)13(16)17-2/h6-9,12,15H,3-5H2,1-2H3/t12-/m1/s1. The highest BCUT2D eigenvalue weighted by Crippen LogP contribution is 2.20. The average Bonchev–Trinajstić information content (AvgIpc) is 2.39. The Hall–Kier alpha value is -1.06. The summed E-state index contributed by atoms with van der Waals surface area (Å²) < 4.78 is 4.65. The predicted octanol–water partition coefficient (Wildman–Crippen LogP) is 3.45. The van der Waals surface area contributed by atoms with Crippen molar-refractivity contribution in [2.24, 2.45) is 0 Å². The quantitative estimate of drug-likeness (QED) is 0.625. The molecule has 0 bridgehead atoms. The summed E-state index contributed by atoms with van der Waals surface area (Å²) in [4.78, 5) is 14.0. The van der Waals surface area contributed by atoms with Gasteiger partial charge in [0.05, 0.1) is 12.7 Å². The third-order valence-electron chi connectivity index (χ3n) is 2.71. The van der Waals surface area contributed by atoms with Gasteiger partial charge >= 0.3 is 5.97 Å². The molecular weight excluding hydrogens is 238 g/mol. The van der Waals surface area contributed by atoms with Gasteiger partial charge < -0.3 is 4.74 Å². The molecule has 0 fully saturated rings. The van der Waals surface area contributed by atoms with E-state index in [0.29, 0.717) is 5.56 Å². The maximum absolute atomic E-state index is 11.3. The zero-order valence-corrected chi connectivity index (χ0v) is 11.0. The highest BCUT2D eigenvalue weighted by atomic mass is 35.5. The first kappa shape index (κ1) is 14.0. The lowest BCUT2D eigenvalue weighted by molar-refractivity contribution is 0.0600. The van der Waals surface area contributed by atoms with E-state index in [0.717, 1.165) is 24.8 Å². The molecule has 17 heavy (non-hydrogen) atoms. The SMILES string of the molecule is CCCC[C@@H](NCl)c1ccc(C(=O)OC)cc1. The minimum absolute atomic E-state index is 0.128. The topological polar surface area (TPSA) is 38.3 Å². The molecule has 0 unspecified atom stereocenters. The molecular formula is C13H18ClNO2. The molecule has 3 nitrogen and oxygen atoms in total. The van der Waals surface area contributed by atoms with E-state index in [2.05, 4.69) is 16.5 Å². The van der Waals surface area contributed by atoms with Crippen molar-refractivity contribution < 1.29 is 9.53 Å². The van der Waals surface area contributed by atoms with Crippen LogP contribution in [0, 0.1) is 0 Å². The van der Waals surface area contributed by atoms with Crippen molar-refractivity contribution in [2.75, 3.05) is 7.11 Å². The monoisotopic (exact) mass is 255 g/mol. The lowest BCUT2D eigenvalue weighted by Gasteiger charge is -2.14. The lowest BCUT2D eigenvalue weighted by Crippen LogP contribution is -2.11. The van der Waals surface area contributed by atoms with Crippen LogP contribution in [0.4, 0.5) is 0 Å². The Labute approximate surface area is 107 Å². The second-order valence-electron chi connectivity index (χ2n) is 3.92. The molecule has 0 saturated heterocycles. The number of methoxy groups -OCH3 is 1. The minimum Gasteiger partial charge on any atom is -0.465 e. The first-order valence-electron chi connectivity index (χ1n) is 5.77. The molecule has 0 saturated carbocycles. The van der Waals surface area contributed by atoms with Gasteiger partial charge in [-0.3, -0.25) is 0 Å². The third kappa shape index (κ3) is 4.02. The van der Waals surface area contributed by atoms with E-state index >= 15 is 0 Å². The van der Waals surface area contributed by atoms with Crippen LogP contribution in [0.5, 0.6) is 0 Å². The number of carbonyl (C=O) groups excluding carboxylic acids is 1. The Morgan fingerprint density at radius 3 is 2.53 bits per heavy atom. The van der Waals surface area contributed by atoms with Gasteiger partial charge in [0.1, 0.15) is 0 Å². The number of esters is 1. The molecule has 0 heterocycles. The maximum Gasteiger partial charge on any atom is 0.337 e. The van der Waals surface area contributed by atoms with Gasteiger partial charge in [0.2, 0.25) is 0 Å². The van der Waals surface area contributed by atoms with Crippen LogP contribution in [0.15, 0.2) is 24.3 Å². The van der Waals surface area contributed by atoms with Gasteiger partial charge in [0, 0.05) is 6.04 Å². The highest BCUT2D eigenvalue weighted by Gasteiger charge is 2.11. The fraction of sp³-hybridized carbons (Fsp3) is 0.462. The Morgan fingerprint density at radius 1 is 1.41 bits per heavy atom. The summed E-state index contributed by atoms with van der Waals surface area (Å²) in [5, 5.41) is 0. The first-order chi connectivity index (χ1) is 8.22. The second-order valence-corrected chi connectivity index (χ2v) is 4.14. The number of hydrogen-bond donors (Lipinski definition) is 1. The molecule has 1 aromatic carbocycles. The summed E-state index contributed by atoms with van der Waals surface area (Å²) in [7, 11) is 1.38. The molecule has 1 rings (SSSR count). The van der Waals surface area contributed by atoms with Crippen molar-refractivity contribution in [3.63, 3.8) is 0 Å². The van der Waals surface area contributed by atoms with Crippen molar-refractivity contribution in [1.82, 2.24) is 4.84 Å². The van der Waals surface area contributed by atoms with Crippen LogP contribution >= 0.6 is 11.8 Å². The Bertz CT molecular complexity index is 351. The summed E-state index contributed by atoms with van der Waals surface area (Å²) in [6.07, 6.45) is 3.23. The van der Waals surface area contributed by atoms with Crippen LogP contribution in [-0.2, 0) is 4.74 Å². The molecule has 0 aliphatic carbocycles. The number of benzene rings is 1. The van der Waals surface area contributed by atoms with Gasteiger partial charge in [-0.05, 0) is 35.9 Å². The zero-order chi connectivity index (χ0) is 12.7. The third-order valence-corrected chi connectivity index (χ3v) is 2.98. The molecule has 1 N–H and O–H groups in total. The number of halogens is 1. The number of unbranched alkanes of at least 4 members (excludes halogenated alkanes) is 1. The number of hydrogen-bond acceptors (Lipinski definition) is 3. The van der Waals surface area contributed by atoms with Gasteiger partial charge in [-0.2, -0.15) is 0 Å². The minimum atomic E-state index is -0.319. The second kappa shape index (κ2) is 7.30. The van der Waals surface area contributed by atoms with Crippen LogP contribution in [0.3, 0.4) is 0 Å². The molecule has 4 heteroatoms. The Kier molecular flexibility index (Phi) is 6.01. The van der Waals surface area contributed by atoms with E-state index in [9.17, 15) is 4.79 Å². The first-order valence-corrected chi connectivity index (χ1v) is 6.15. The number of carbonyl (C=O) groups is 1. The van der Waals surface area contributed by atoms with Crippen LogP contribution in [0.25, 0.3) is 0 Å². The molecule has 0 aliphatic heterocycles. The van der Waals surface area contributed by atoms with Crippen LogP contribution in [0.1, 0.15) is 48.1 Å². The van der Waals surface area contributed by atoms with E-state index in [4.69, 9.17) is 11.8 Å². The van der Waals surface area contributed by atoms with Crippen molar-refractivity contribution in [2.45, 2.75) is 32.2 Å². The zero-order valence-electron chi connectivity index (χ0n) is 10.2. The van der Waals surface area contributed by atoms with E-state index in [1.165, 1.54) is 7.11 Å². The maximum atomic E-state index is 11.3. The number of nitrogens with one attached hydrogen (secondary N) is 1. The summed E-state index contributed by atoms with van der Waals surface area (Å²) >= 11 is 5.73. The van der Waals surface area contributed by atoms with E-state index < -0.39 is 0 Å². The van der Waals surface area contributed by atoms with Crippen molar-refractivity contribution in [1.29, 1.82) is 0 Å². The van der Waals surface area contributed by atoms with Crippen molar-refractivity contribution in [3.05, 3.63) is 35.4 Å². The molecule has 0 aliphatic rings. The largest absolute Gasteiger partial charge is 0.465 e. The van der Waals surface area contributed by atoms with Crippen molar-refractivity contribution in [3.8, 4) is 0 Å². The summed E-state index contributed by atoms with van der Waals surface area (Å²) in [5.41, 5.74) is 1.64.